The number of carbonyl (C=O) groups is 2. The van der Waals surface area contributed by atoms with Crippen molar-refractivity contribution in [1.82, 2.24) is 9.21 Å². The van der Waals surface area contributed by atoms with Crippen LogP contribution in [-0.4, -0.2) is 79.6 Å². The SMILES string of the molecule is C[C@@H]1CN([C@H](C)CO)C(=O)Cc2cc(NC(=O)CCC(F)(F)F)ccc2O[C@@H]1CN(C)S(=O)(=O)c1ccccc1. The fraction of sp³-hybridized carbons (Fsp3) is 0.481. The summed E-state index contributed by atoms with van der Waals surface area (Å²) in [6, 6.07) is 11.8. The molecule has 1 heterocycles. The van der Waals surface area contributed by atoms with Gasteiger partial charge in [-0.15, -0.1) is 0 Å². The highest BCUT2D eigenvalue weighted by Gasteiger charge is 2.33. The van der Waals surface area contributed by atoms with Crippen LogP contribution in [0.5, 0.6) is 5.75 Å². The zero-order chi connectivity index (χ0) is 29.7. The number of aliphatic hydroxyl groups excluding tert-OH is 1. The second-order valence-corrected chi connectivity index (χ2v) is 12.0. The van der Waals surface area contributed by atoms with Gasteiger partial charge in [-0.3, -0.25) is 9.59 Å². The number of fused-ring (bicyclic) bond motifs is 1. The summed E-state index contributed by atoms with van der Waals surface area (Å²) in [5.74, 6) is -1.24. The van der Waals surface area contributed by atoms with E-state index in [2.05, 4.69) is 5.32 Å². The highest BCUT2D eigenvalue weighted by molar-refractivity contribution is 7.89. The standard InChI is InChI=1S/C27H34F3N3O6S/c1-18-15-33(19(2)17-34)26(36)14-20-13-21(31-25(35)11-12-27(28,29)30)9-10-23(20)39-24(18)16-32(3)40(37,38)22-7-5-4-6-8-22/h4-10,13,18-19,24,34H,11-12,14-17H2,1-3H3,(H,31,35)/t18-,19-,24-/m1/s1. The van der Waals surface area contributed by atoms with Crippen molar-refractivity contribution in [2.75, 3.05) is 32.1 Å². The Kier molecular flexibility index (Phi) is 10.2. The lowest BCUT2D eigenvalue weighted by atomic mass is 10.0. The lowest BCUT2D eigenvalue weighted by Gasteiger charge is -2.33. The van der Waals surface area contributed by atoms with Crippen LogP contribution in [0, 0.1) is 5.92 Å². The molecule has 0 saturated heterocycles. The Bertz CT molecular complexity index is 1290. The number of likely N-dealkylation sites (N-methyl/N-ethyl adjacent to an activating group) is 1. The highest BCUT2D eigenvalue weighted by Crippen LogP contribution is 2.30. The maximum atomic E-state index is 13.3. The lowest BCUT2D eigenvalue weighted by Crippen LogP contribution is -2.48. The molecule has 3 rings (SSSR count). The summed E-state index contributed by atoms with van der Waals surface area (Å²) in [5.41, 5.74) is 0.554. The molecule has 2 aromatic rings. The first-order valence-electron chi connectivity index (χ1n) is 12.8. The van der Waals surface area contributed by atoms with Crippen LogP contribution in [0.4, 0.5) is 18.9 Å². The normalized spacial score (nSPS) is 19.2. The van der Waals surface area contributed by atoms with Gasteiger partial charge in [0.05, 0.1) is 36.9 Å². The van der Waals surface area contributed by atoms with Gasteiger partial charge in [0, 0.05) is 37.2 Å². The van der Waals surface area contributed by atoms with Crippen molar-refractivity contribution in [3.05, 3.63) is 54.1 Å². The van der Waals surface area contributed by atoms with Crippen LogP contribution < -0.4 is 10.1 Å². The fourth-order valence-corrected chi connectivity index (χ4v) is 5.53. The van der Waals surface area contributed by atoms with Crippen LogP contribution in [0.15, 0.2) is 53.4 Å². The summed E-state index contributed by atoms with van der Waals surface area (Å²) in [7, 11) is -2.41. The summed E-state index contributed by atoms with van der Waals surface area (Å²) < 4.78 is 71.3. The van der Waals surface area contributed by atoms with Gasteiger partial charge in [-0.25, -0.2) is 8.42 Å². The summed E-state index contributed by atoms with van der Waals surface area (Å²) in [6.45, 7) is 3.33. The zero-order valence-corrected chi connectivity index (χ0v) is 23.3. The van der Waals surface area contributed by atoms with Gasteiger partial charge in [0.25, 0.3) is 0 Å². The fourth-order valence-electron chi connectivity index (χ4n) is 4.33. The van der Waals surface area contributed by atoms with E-state index >= 15 is 0 Å². The number of amides is 2. The number of anilines is 1. The number of ether oxygens (including phenoxy) is 1. The molecule has 2 N–H and O–H groups in total. The van der Waals surface area contributed by atoms with Crippen molar-refractivity contribution in [3.63, 3.8) is 0 Å². The van der Waals surface area contributed by atoms with Gasteiger partial charge in [-0.1, -0.05) is 25.1 Å². The summed E-state index contributed by atoms with van der Waals surface area (Å²) in [4.78, 5) is 27.0. The Hall–Kier alpha value is -3.16. The van der Waals surface area contributed by atoms with Gasteiger partial charge < -0.3 is 20.1 Å². The van der Waals surface area contributed by atoms with Crippen molar-refractivity contribution in [1.29, 1.82) is 0 Å². The molecule has 0 aliphatic carbocycles. The molecule has 0 bridgehead atoms. The second-order valence-electron chi connectivity index (χ2n) is 9.97. The third kappa shape index (κ3) is 8.18. The highest BCUT2D eigenvalue weighted by atomic mass is 32.2. The predicted molar refractivity (Wildman–Crippen MR) is 142 cm³/mol. The molecule has 0 aromatic heterocycles. The van der Waals surface area contributed by atoms with Gasteiger partial charge in [-0.05, 0) is 37.3 Å². The van der Waals surface area contributed by atoms with E-state index in [-0.39, 0.29) is 54.3 Å². The van der Waals surface area contributed by atoms with Crippen molar-refractivity contribution in [2.45, 2.75) is 56.3 Å². The molecular weight excluding hydrogens is 551 g/mol. The van der Waals surface area contributed by atoms with E-state index < -0.39 is 47.1 Å². The predicted octanol–water partition coefficient (Wildman–Crippen LogP) is 3.44. The first-order valence-corrected chi connectivity index (χ1v) is 14.2. The molecule has 2 amide bonds. The van der Waals surface area contributed by atoms with Gasteiger partial charge in [0.2, 0.25) is 21.8 Å². The molecule has 13 heteroatoms. The monoisotopic (exact) mass is 585 g/mol. The van der Waals surface area contributed by atoms with Crippen LogP contribution >= 0.6 is 0 Å². The van der Waals surface area contributed by atoms with Crippen LogP contribution in [0.3, 0.4) is 0 Å². The number of nitrogens with one attached hydrogen (secondary N) is 1. The smallest absolute Gasteiger partial charge is 0.389 e. The summed E-state index contributed by atoms with van der Waals surface area (Å²) in [6.07, 6.45) is -7.36. The number of rotatable bonds is 9. The minimum atomic E-state index is -4.47. The minimum Gasteiger partial charge on any atom is -0.488 e. The molecule has 0 spiro atoms. The van der Waals surface area contributed by atoms with Crippen LogP contribution in [0.25, 0.3) is 0 Å². The molecule has 0 unspecified atom stereocenters. The van der Waals surface area contributed by atoms with Crippen molar-refractivity contribution >= 4 is 27.5 Å². The number of aliphatic hydroxyl groups is 1. The van der Waals surface area contributed by atoms with E-state index in [1.165, 1.54) is 46.6 Å². The zero-order valence-electron chi connectivity index (χ0n) is 22.5. The van der Waals surface area contributed by atoms with E-state index in [4.69, 9.17) is 4.74 Å². The third-order valence-electron chi connectivity index (χ3n) is 6.72. The third-order valence-corrected chi connectivity index (χ3v) is 8.56. The number of alkyl halides is 3. The maximum Gasteiger partial charge on any atom is 0.389 e. The molecule has 9 nitrogen and oxygen atoms in total. The van der Waals surface area contributed by atoms with Crippen molar-refractivity contribution < 1.29 is 41.0 Å². The molecule has 1 aliphatic rings. The Morgan fingerprint density at radius 3 is 2.52 bits per heavy atom. The molecule has 2 aromatic carbocycles. The maximum absolute atomic E-state index is 13.3. The van der Waals surface area contributed by atoms with Gasteiger partial charge in [0.1, 0.15) is 11.9 Å². The Morgan fingerprint density at radius 1 is 1.23 bits per heavy atom. The molecule has 0 radical (unpaired) electrons. The average molecular weight is 586 g/mol. The minimum absolute atomic E-state index is 0.0523. The molecular formula is C27H34F3N3O6S. The molecule has 0 saturated carbocycles. The lowest BCUT2D eigenvalue weighted by molar-refractivity contribution is -0.142. The quantitative estimate of drug-likeness (QED) is 0.466. The Labute approximate surface area is 232 Å². The van der Waals surface area contributed by atoms with E-state index in [0.29, 0.717) is 5.56 Å². The molecule has 40 heavy (non-hydrogen) atoms. The van der Waals surface area contributed by atoms with Gasteiger partial charge in [-0.2, -0.15) is 17.5 Å². The van der Waals surface area contributed by atoms with E-state index in [0.717, 1.165) is 0 Å². The molecule has 0 fully saturated rings. The van der Waals surface area contributed by atoms with Gasteiger partial charge in [0.15, 0.2) is 0 Å². The number of sulfonamides is 1. The van der Waals surface area contributed by atoms with E-state index in [1.54, 1.807) is 25.1 Å². The molecule has 1 aliphatic heterocycles. The van der Waals surface area contributed by atoms with Crippen LogP contribution in [0.2, 0.25) is 0 Å². The number of carbonyl (C=O) groups excluding carboxylic acids is 2. The number of benzene rings is 2. The van der Waals surface area contributed by atoms with Gasteiger partial charge >= 0.3 is 6.18 Å². The van der Waals surface area contributed by atoms with Crippen LogP contribution in [0.1, 0.15) is 32.3 Å². The molecule has 3 atom stereocenters. The number of nitrogens with zero attached hydrogens (tertiary/aromatic N) is 2. The Morgan fingerprint density at radius 2 is 1.90 bits per heavy atom. The Balaban J connectivity index is 1.92. The topological polar surface area (TPSA) is 116 Å². The second kappa shape index (κ2) is 13.0. The summed E-state index contributed by atoms with van der Waals surface area (Å²) >= 11 is 0. The van der Waals surface area contributed by atoms with E-state index in [1.807, 2.05) is 6.92 Å². The van der Waals surface area contributed by atoms with Crippen molar-refractivity contribution in [3.8, 4) is 5.75 Å². The van der Waals surface area contributed by atoms with Crippen molar-refractivity contribution in [2.24, 2.45) is 5.92 Å². The number of hydrogen-bond acceptors (Lipinski definition) is 6. The first kappa shape index (κ1) is 31.4. The number of hydrogen-bond donors (Lipinski definition) is 2. The molecule has 220 valence electrons. The summed E-state index contributed by atoms with van der Waals surface area (Å²) in [5, 5.41) is 12.2. The number of halogens is 3. The van der Waals surface area contributed by atoms with Crippen LogP contribution in [-0.2, 0) is 26.0 Å². The first-order chi connectivity index (χ1) is 18.7. The average Bonchev–Trinajstić information content (AvgIpc) is 2.94. The van der Waals surface area contributed by atoms with E-state index in [9.17, 15) is 36.3 Å². The largest absolute Gasteiger partial charge is 0.488 e.